The maximum Gasteiger partial charge on any atom is 0.238 e. The smallest absolute Gasteiger partial charge is 0.238 e. The Morgan fingerprint density at radius 1 is 1.38 bits per heavy atom. The third kappa shape index (κ3) is 1.34. The molecule has 1 aromatic rings. The van der Waals surface area contributed by atoms with Crippen molar-refractivity contribution in [2.24, 2.45) is 0 Å². The van der Waals surface area contributed by atoms with E-state index in [0.717, 1.165) is 11.4 Å². The van der Waals surface area contributed by atoms with Crippen LogP contribution in [-0.2, 0) is 10.2 Å². The molecule has 0 N–H and O–H groups in total. The Morgan fingerprint density at radius 3 is 2.56 bits per heavy atom. The van der Waals surface area contributed by atoms with Crippen LogP contribution in [0.4, 0.5) is 5.82 Å². The summed E-state index contributed by atoms with van der Waals surface area (Å²) in [4.78, 5) is 18.1. The molecule has 86 valence electrons. The Morgan fingerprint density at radius 2 is 2.00 bits per heavy atom. The number of rotatable bonds is 1. The molecule has 2 heterocycles. The minimum atomic E-state index is -0.442. The molecular formula is C13H18N2O. The number of anilines is 1. The molecule has 0 aliphatic carbocycles. The molecule has 0 unspecified atom stereocenters. The molecule has 1 aliphatic rings. The summed E-state index contributed by atoms with van der Waals surface area (Å²) in [5.74, 6) is 1.37. The summed E-state index contributed by atoms with van der Waals surface area (Å²) in [6, 6.07) is 2.12. The molecule has 1 aromatic heterocycles. The Balaban J connectivity index is 2.61. The Hall–Kier alpha value is -1.38. The zero-order valence-electron chi connectivity index (χ0n) is 10.5. The molecule has 3 heteroatoms. The summed E-state index contributed by atoms with van der Waals surface area (Å²) in [7, 11) is 1.79. The predicted molar refractivity (Wildman–Crippen MR) is 64.8 cm³/mol. The molecule has 0 saturated heterocycles. The van der Waals surface area contributed by atoms with Gasteiger partial charge in [-0.1, -0.05) is 13.8 Å². The van der Waals surface area contributed by atoms with E-state index in [0.29, 0.717) is 5.92 Å². The van der Waals surface area contributed by atoms with Crippen LogP contribution in [0.2, 0.25) is 0 Å². The van der Waals surface area contributed by atoms with Crippen LogP contribution in [-0.4, -0.2) is 17.9 Å². The lowest BCUT2D eigenvalue weighted by atomic mass is 9.85. The third-order valence-corrected chi connectivity index (χ3v) is 3.38. The molecule has 0 atom stereocenters. The minimum absolute atomic E-state index is 0.121. The summed E-state index contributed by atoms with van der Waals surface area (Å²) >= 11 is 0. The van der Waals surface area contributed by atoms with Crippen LogP contribution in [0.25, 0.3) is 0 Å². The van der Waals surface area contributed by atoms with E-state index in [2.05, 4.69) is 24.9 Å². The SMILES string of the molecule is CC(C)c1cnc2c(c1)C(C)(C)C(=O)N2C. The van der Waals surface area contributed by atoms with Crippen LogP contribution < -0.4 is 4.90 Å². The number of pyridine rings is 1. The zero-order valence-corrected chi connectivity index (χ0v) is 10.5. The maximum atomic E-state index is 12.1. The first kappa shape index (κ1) is 11.1. The number of hydrogen-bond acceptors (Lipinski definition) is 2. The average Bonchev–Trinajstić information content (AvgIpc) is 2.40. The molecule has 0 radical (unpaired) electrons. The van der Waals surface area contributed by atoms with Crippen LogP contribution >= 0.6 is 0 Å². The highest BCUT2D eigenvalue weighted by Gasteiger charge is 2.43. The first-order valence-electron chi connectivity index (χ1n) is 5.64. The van der Waals surface area contributed by atoms with Crippen LogP contribution in [0.3, 0.4) is 0 Å². The maximum absolute atomic E-state index is 12.1. The van der Waals surface area contributed by atoms with Gasteiger partial charge in [-0.05, 0) is 31.4 Å². The van der Waals surface area contributed by atoms with Crippen molar-refractivity contribution in [3.63, 3.8) is 0 Å². The second-order valence-corrected chi connectivity index (χ2v) is 5.28. The molecule has 16 heavy (non-hydrogen) atoms. The van der Waals surface area contributed by atoms with Gasteiger partial charge in [0.1, 0.15) is 5.82 Å². The van der Waals surface area contributed by atoms with Crippen molar-refractivity contribution in [3.8, 4) is 0 Å². The second-order valence-electron chi connectivity index (χ2n) is 5.28. The van der Waals surface area contributed by atoms with Gasteiger partial charge in [-0.15, -0.1) is 0 Å². The van der Waals surface area contributed by atoms with Crippen molar-refractivity contribution in [3.05, 3.63) is 23.4 Å². The number of likely N-dealkylation sites (N-methyl/N-ethyl adjacent to an activating group) is 1. The molecule has 3 nitrogen and oxygen atoms in total. The van der Waals surface area contributed by atoms with E-state index in [1.807, 2.05) is 20.0 Å². The van der Waals surface area contributed by atoms with Gasteiger partial charge in [0.25, 0.3) is 0 Å². The van der Waals surface area contributed by atoms with Crippen molar-refractivity contribution >= 4 is 11.7 Å². The Bertz CT molecular complexity index is 449. The van der Waals surface area contributed by atoms with Gasteiger partial charge in [0.05, 0.1) is 5.41 Å². The van der Waals surface area contributed by atoms with E-state index in [9.17, 15) is 4.79 Å². The van der Waals surface area contributed by atoms with E-state index < -0.39 is 5.41 Å². The van der Waals surface area contributed by atoms with Crippen LogP contribution in [0.1, 0.15) is 44.7 Å². The number of fused-ring (bicyclic) bond motifs is 1. The average molecular weight is 218 g/mol. The van der Waals surface area contributed by atoms with Gasteiger partial charge in [0.15, 0.2) is 0 Å². The first-order chi connectivity index (χ1) is 7.35. The van der Waals surface area contributed by atoms with Crippen molar-refractivity contribution < 1.29 is 4.79 Å². The van der Waals surface area contributed by atoms with Gasteiger partial charge >= 0.3 is 0 Å². The van der Waals surface area contributed by atoms with Crippen LogP contribution in [0.5, 0.6) is 0 Å². The lowest BCUT2D eigenvalue weighted by molar-refractivity contribution is -0.121. The quantitative estimate of drug-likeness (QED) is 0.725. The topological polar surface area (TPSA) is 33.2 Å². The van der Waals surface area contributed by atoms with Crippen LogP contribution in [0.15, 0.2) is 12.3 Å². The molecule has 1 aliphatic heterocycles. The third-order valence-electron chi connectivity index (χ3n) is 3.38. The molecule has 0 aromatic carbocycles. The Labute approximate surface area is 96.5 Å². The highest BCUT2D eigenvalue weighted by Crippen LogP contribution is 2.40. The van der Waals surface area contributed by atoms with E-state index >= 15 is 0 Å². The van der Waals surface area contributed by atoms with E-state index in [4.69, 9.17) is 0 Å². The minimum Gasteiger partial charge on any atom is -0.299 e. The summed E-state index contributed by atoms with van der Waals surface area (Å²) in [6.07, 6.45) is 1.87. The summed E-state index contributed by atoms with van der Waals surface area (Å²) < 4.78 is 0. The number of carbonyl (C=O) groups excluding carboxylic acids is 1. The number of hydrogen-bond donors (Lipinski definition) is 0. The van der Waals surface area contributed by atoms with Crippen molar-refractivity contribution in [1.82, 2.24) is 4.98 Å². The molecular weight excluding hydrogens is 200 g/mol. The van der Waals surface area contributed by atoms with E-state index in [1.165, 1.54) is 5.56 Å². The van der Waals surface area contributed by atoms with E-state index in [1.54, 1.807) is 11.9 Å². The van der Waals surface area contributed by atoms with Gasteiger partial charge < -0.3 is 0 Å². The van der Waals surface area contributed by atoms with Gasteiger partial charge in [-0.25, -0.2) is 4.98 Å². The summed E-state index contributed by atoms with van der Waals surface area (Å²) in [5.41, 5.74) is 1.79. The standard InChI is InChI=1S/C13H18N2O/c1-8(2)9-6-10-11(14-7-9)15(5)12(16)13(10,3)4/h6-8H,1-5H3. The molecule has 0 saturated carbocycles. The Kier molecular flexibility index (Phi) is 2.30. The molecule has 0 bridgehead atoms. The lowest BCUT2D eigenvalue weighted by Gasteiger charge is -2.16. The number of amides is 1. The van der Waals surface area contributed by atoms with Gasteiger partial charge in [-0.3, -0.25) is 9.69 Å². The first-order valence-corrected chi connectivity index (χ1v) is 5.64. The predicted octanol–water partition coefficient (Wildman–Crippen LogP) is 2.46. The molecule has 2 rings (SSSR count). The van der Waals surface area contributed by atoms with Gasteiger partial charge in [-0.2, -0.15) is 0 Å². The van der Waals surface area contributed by atoms with Gasteiger partial charge in [0.2, 0.25) is 5.91 Å². The van der Waals surface area contributed by atoms with Crippen molar-refractivity contribution in [2.75, 3.05) is 11.9 Å². The number of nitrogens with zero attached hydrogens (tertiary/aromatic N) is 2. The van der Waals surface area contributed by atoms with E-state index in [-0.39, 0.29) is 5.91 Å². The summed E-state index contributed by atoms with van der Waals surface area (Å²) in [6.45, 7) is 8.20. The highest BCUT2D eigenvalue weighted by molar-refractivity contribution is 6.06. The molecule has 0 fully saturated rings. The zero-order chi connectivity index (χ0) is 12.1. The fourth-order valence-electron chi connectivity index (χ4n) is 2.15. The fourth-order valence-corrected chi connectivity index (χ4v) is 2.15. The normalized spacial score (nSPS) is 18.1. The lowest BCUT2D eigenvalue weighted by Crippen LogP contribution is -2.33. The largest absolute Gasteiger partial charge is 0.299 e. The monoisotopic (exact) mass is 218 g/mol. The molecule has 1 amide bonds. The highest BCUT2D eigenvalue weighted by atomic mass is 16.2. The van der Waals surface area contributed by atoms with Crippen molar-refractivity contribution in [2.45, 2.75) is 39.0 Å². The number of aromatic nitrogens is 1. The van der Waals surface area contributed by atoms with Gasteiger partial charge in [0, 0.05) is 18.8 Å². The van der Waals surface area contributed by atoms with Crippen LogP contribution in [0, 0.1) is 0 Å². The summed E-state index contributed by atoms with van der Waals surface area (Å²) in [5, 5.41) is 0. The fraction of sp³-hybridized carbons (Fsp3) is 0.538. The van der Waals surface area contributed by atoms with Crippen molar-refractivity contribution in [1.29, 1.82) is 0 Å². The molecule has 0 spiro atoms. The number of carbonyl (C=O) groups is 1. The second kappa shape index (κ2) is 3.30.